The van der Waals surface area contributed by atoms with Gasteiger partial charge < -0.3 is 15.0 Å². The lowest BCUT2D eigenvalue weighted by Crippen LogP contribution is -2.43. The van der Waals surface area contributed by atoms with Gasteiger partial charge in [0.1, 0.15) is 11.6 Å². The topological polar surface area (TPSA) is 67.3 Å². The summed E-state index contributed by atoms with van der Waals surface area (Å²) in [6.45, 7) is 2.11. The fourth-order valence-electron chi connectivity index (χ4n) is 2.97. The van der Waals surface area contributed by atoms with Crippen LogP contribution in [0.25, 0.3) is 0 Å². The first-order valence-electron chi connectivity index (χ1n) is 8.18. The van der Waals surface area contributed by atoms with Gasteiger partial charge in [0.15, 0.2) is 0 Å². The summed E-state index contributed by atoms with van der Waals surface area (Å²) in [5.74, 6) is 1.70. The van der Waals surface area contributed by atoms with Gasteiger partial charge >= 0.3 is 0 Å². The molecule has 0 spiro atoms. The number of methoxy groups -OCH3 is 1. The fraction of sp³-hybridized carbons (Fsp3) is 0.389. The minimum atomic E-state index is -0.0219. The van der Waals surface area contributed by atoms with Crippen molar-refractivity contribution in [2.24, 2.45) is 5.92 Å². The van der Waals surface area contributed by atoms with Crippen LogP contribution >= 0.6 is 0 Å². The van der Waals surface area contributed by atoms with Crippen LogP contribution in [0.5, 0.6) is 5.75 Å². The molecule has 2 heterocycles. The Labute approximate surface area is 141 Å². The molecule has 0 saturated carbocycles. The highest BCUT2D eigenvalue weighted by molar-refractivity contribution is 5.79. The summed E-state index contributed by atoms with van der Waals surface area (Å²) >= 11 is 0. The van der Waals surface area contributed by atoms with E-state index in [9.17, 15) is 4.79 Å². The molecule has 1 atom stereocenters. The molecule has 0 radical (unpaired) electrons. The van der Waals surface area contributed by atoms with Crippen molar-refractivity contribution in [1.82, 2.24) is 15.3 Å². The number of nitrogens with one attached hydrogen (secondary N) is 1. The number of benzene rings is 1. The fourth-order valence-corrected chi connectivity index (χ4v) is 2.97. The Morgan fingerprint density at radius 3 is 3.12 bits per heavy atom. The number of carbonyl (C=O) groups is 1. The molecule has 2 aromatic rings. The smallest absolute Gasteiger partial charge is 0.225 e. The van der Waals surface area contributed by atoms with Gasteiger partial charge in [0.2, 0.25) is 5.91 Å². The van der Waals surface area contributed by atoms with E-state index < -0.39 is 0 Å². The molecule has 6 nitrogen and oxygen atoms in total. The van der Waals surface area contributed by atoms with E-state index in [0.717, 1.165) is 36.5 Å². The average molecular weight is 326 g/mol. The Balaban J connectivity index is 1.56. The molecule has 1 aliphatic heterocycles. The number of ether oxygens (including phenoxy) is 1. The van der Waals surface area contributed by atoms with E-state index in [-0.39, 0.29) is 11.8 Å². The predicted octanol–water partition coefficient (Wildman–Crippen LogP) is 2.02. The highest BCUT2D eigenvalue weighted by atomic mass is 16.5. The highest BCUT2D eigenvalue weighted by Crippen LogP contribution is 2.21. The molecule has 0 aliphatic carbocycles. The predicted molar refractivity (Wildman–Crippen MR) is 91.8 cm³/mol. The number of piperidine rings is 1. The maximum atomic E-state index is 12.5. The molecule has 1 aromatic carbocycles. The van der Waals surface area contributed by atoms with E-state index in [1.807, 2.05) is 24.3 Å². The van der Waals surface area contributed by atoms with Crippen molar-refractivity contribution < 1.29 is 9.53 Å². The lowest BCUT2D eigenvalue weighted by molar-refractivity contribution is -0.125. The second-order valence-electron chi connectivity index (χ2n) is 5.92. The molecular formula is C18H22N4O2. The summed E-state index contributed by atoms with van der Waals surface area (Å²) < 4.78 is 5.21. The summed E-state index contributed by atoms with van der Waals surface area (Å²) in [6.07, 6.45) is 6.97. The van der Waals surface area contributed by atoms with Crippen LogP contribution in [0.1, 0.15) is 18.4 Å². The Morgan fingerprint density at radius 2 is 2.33 bits per heavy atom. The van der Waals surface area contributed by atoms with Crippen molar-refractivity contribution in [3.8, 4) is 5.75 Å². The van der Waals surface area contributed by atoms with Crippen molar-refractivity contribution >= 4 is 11.7 Å². The second-order valence-corrected chi connectivity index (χ2v) is 5.92. The van der Waals surface area contributed by atoms with Crippen molar-refractivity contribution in [2.45, 2.75) is 19.4 Å². The molecule has 1 saturated heterocycles. The lowest BCUT2D eigenvalue weighted by atomic mass is 9.97. The molecule has 1 N–H and O–H groups in total. The second kappa shape index (κ2) is 7.77. The number of nitrogens with zero attached hydrogens (tertiary/aromatic N) is 3. The molecule has 1 amide bonds. The normalized spacial score (nSPS) is 17.4. The maximum Gasteiger partial charge on any atom is 0.225 e. The summed E-state index contributed by atoms with van der Waals surface area (Å²) in [7, 11) is 1.64. The number of aromatic nitrogens is 2. The average Bonchev–Trinajstić information content (AvgIpc) is 2.67. The van der Waals surface area contributed by atoms with Crippen LogP contribution in [-0.4, -0.2) is 36.1 Å². The van der Waals surface area contributed by atoms with Gasteiger partial charge in [-0.1, -0.05) is 12.1 Å². The third-order valence-electron chi connectivity index (χ3n) is 4.27. The number of hydrogen-bond acceptors (Lipinski definition) is 5. The Hall–Kier alpha value is -2.63. The summed E-state index contributed by atoms with van der Waals surface area (Å²) in [4.78, 5) is 23.1. The molecule has 1 aromatic heterocycles. The molecular weight excluding hydrogens is 304 g/mol. The van der Waals surface area contributed by atoms with Crippen molar-refractivity contribution in [3.63, 3.8) is 0 Å². The van der Waals surface area contributed by atoms with Crippen LogP contribution in [0, 0.1) is 5.92 Å². The van der Waals surface area contributed by atoms with Crippen LogP contribution in [-0.2, 0) is 11.3 Å². The minimum absolute atomic E-state index is 0.0219. The van der Waals surface area contributed by atoms with Gasteiger partial charge in [-0.15, -0.1) is 0 Å². The quantitative estimate of drug-likeness (QED) is 0.910. The van der Waals surface area contributed by atoms with Crippen LogP contribution in [0.4, 0.5) is 5.82 Å². The molecule has 1 aliphatic rings. The van der Waals surface area contributed by atoms with E-state index in [4.69, 9.17) is 4.74 Å². The van der Waals surface area contributed by atoms with Gasteiger partial charge in [-0.25, -0.2) is 4.98 Å². The van der Waals surface area contributed by atoms with E-state index in [1.54, 1.807) is 25.7 Å². The number of anilines is 1. The largest absolute Gasteiger partial charge is 0.497 e. The van der Waals surface area contributed by atoms with Crippen molar-refractivity contribution in [1.29, 1.82) is 0 Å². The van der Waals surface area contributed by atoms with Crippen LogP contribution in [0.2, 0.25) is 0 Å². The molecule has 1 fully saturated rings. The first-order valence-corrected chi connectivity index (χ1v) is 8.18. The third-order valence-corrected chi connectivity index (χ3v) is 4.27. The summed E-state index contributed by atoms with van der Waals surface area (Å²) in [5.41, 5.74) is 1.03. The molecule has 6 heteroatoms. The Morgan fingerprint density at radius 1 is 1.42 bits per heavy atom. The highest BCUT2D eigenvalue weighted by Gasteiger charge is 2.26. The van der Waals surface area contributed by atoms with Crippen LogP contribution in [0.3, 0.4) is 0 Å². The zero-order valence-corrected chi connectivity index (χ0v) is 13.8. The Kier molecular flexibility index (Phi) is 5.25. The molecule has 0 bridgehead atoms. The number of carbonyl (C=O) groups excluding carboxylic acids is 1. The van der Waals surface area contributed by atoms with Crippen LogP contribution < -0.4 is 15.0 Å². The van der Waals surface area contributed by atoms with Gasteiger partial charge in [0.05, 0.1) is 19.2 Å². The van der Waals surface area contributed by atoms with E-state index >= 15 is 0 Å². The zero-order valence-electron chi connectivity index (χ0n) is 13.8. The summed E-state index contributed by atoms with van der Waals surface area (Å²) in [5, 5.41) is 3.03. The van der Waals surface area contributed by atoms with E-state index in [2.05, 4.69) is 20.2 Å². The van der Waals surface area contributed by atoms with Gasteiger partial charge in [-0.05, 0) is 30.5 Å². The SMILES string of the molecule is COc1cccc(CNC(=O)[C@H]2CCCN(c3cnccn3)C2)c1. The van der Waals surface area contributed by atoms with E-state index in [1.165, 1.54) is 0 Å². The van der Waals surface area contributed by atoms with Gasteiger partial charge in [0.25, 0.3) is 0 Å². The lowest BCUT2D eigenvalue weighted by Gasteiger charge is -2.32. The van der Waals surface area contributed by atoms with Gasteiger partial charge in [-0.3, -0.25) is 9.78 Å². The molecule has 126 valence electrons. The number of hydrogen-bond donors (Lipinski definition) is 1. The maximum absolute atomic E-state index is 12.5. The monoisotopic (exact) mass is 326 g/mol. The van der Waals surface area contributed by atoms with E-state index in [0.29, 0.717) is 13.1 Å². The summed E-state index contributed by atoms with van der Waals surface area (Å²) in [6, 6.07) is 7.74. The number of amides is 1. The standard InChI is InChI=1S/C18H22N4O2/c1-24-16-6-2-4-14(10-16)11-21-18(23)15-5-3-9-22(13-15)17-12-19-7-8-20-17/h2,4,6-8,10,12,15H,3,5,9,11,13H2,1H3,(H,21,23)/t15-/m0/s1. The first kappa shape index (κ1) is 16.2. The molecule has 0 unspecified atom stereocenters. The first-order chi connectivity index (χ1) is 11.8. The molecule has 3 rings (SSSR count). The van der Waals surface area contributed by atoms with Gasteiger partial charge in [0, 0.05) is 32.0 Å². The Bertz CT molecular complexity index is 678. The molecule has 24 heavy (non-hydrogen) atoms. The van der Waals surface area contributed by atoms with Crippen molar-refractivity contribution in [3.05, 3.63) is 48.4 Å². The third kappa shape index (κ3) is 4.01. The zero-order chi connectivity index (χ0) is 16.8. The van der Waals surface area contributed by atoms with Crippen LogP contribution in [0.15, 0.2) is 42.9 Å². The van der Waals surface area contributed by atoms with Gasteiger partial charge in [-0.2, -0.15) is 0 Å². The van der Waals surface area contributed by atoms with Crippen molar-refractivity contribution in [2.75, 3.05) is 25.1 Å². The number of rotatable bonds is 5. The minimum Gasteiger partial charge on any atom is -0.497 e.